The van der Waals surface area contributed by atoms with Crippen LogP contribution in [0.15, 0.2) is 25.0 Å². The Morgan fingerprint density at radius 3 is 2.62 bits per heavy atom. The fraction of sp³-hybridized carbons (Fsp3) is 0.444. The maximum Gasteiger partial charge on any atom is 0.421 e. The zero-order chi connectivity index (χ0) is 21.2. The molecule has 2 aromatic rings. The molecule has 2 aromatic heterocycles. The van der Waals surface area contributed by atoms with E-state index < -0.39 is 17.8 Å². The molecule has 8 nitrogen and oxygen atoms in total. The summed E-state index contributed by atoms with van der Waals surface area (Å²) in [6, 6.07) is -0.663. The number of anilines is 3. The van der Waals surface area contributed by atoms with Crippen molar-refractivity contribution in [1.82, 2.24) is 24.6 Å². The number of amides is 1. The first kappa shape index (κ1) is 20.6. The van der Waals surface area contributed by atoms with Crippen molar-refractivity contribution in [3.05, 3.63) is 36.3 Å². The highest BCUT2D eigenvalue weighted by Gasteiger charge is 2.35. The standard InChI is InChI=1S/C18H22F3N7O/c1-4-14(16(29)27-7-5-6-8-27)28-10-13(11(2)26-28)24-17-23-9-12(18(19,20)21)15(22-3)25-17/h4,9-10,14H,1,5-8H2,2-3H3,(H2,22,23,24,25)/t14-/m1/s1. The molecule has 3 heterocycles. The summed E-state index contributed by atoms with van der Waals surface area (Å²) < 4.78 is 40.5. The fourth-order valence-electron chi connectivity index (χ4n) is 3.15. The van der Waals surface area contributed by atoms with E-state index in [0.29, 0.717) is 30.7 Å². The second kappa shape index (κ2) is 8.10. The first-order chi connectivity index (χ1) is 13.7. The monoisotopic (exact) mass is 409 g/mol. The van der Waals surface area contributed by atoms with E-state index >= 15 is 0 Å². The molecule has 11 heteroatoms. The molecule has 1 atom stereocenters. The van der Waals surface area contributed by atoms with Gasteiger partial charge in [-0.15, -0.1) is 6.58 Å². The molecule has 2 N–H and O–H groups in total. The number of hydrogen-bond acceptors (Lipinski definition) is 6. The summed E-state index contributed by atoms with van der Waals surface area (Å²) in [4.78, 5) is 22.1. The number of nitrogens with one attached hydrogen (secondary N) is 2. The molecule has 0 unspecified atom stereocenters. The summed E-state index contributed by atoms with van der Waals surface area (Å²) in [6.45, 7) is 6.87. The van der Waals surface area contributed by atoms with Gasteiger partial charge >= 0.3 is 6.18 Å². The Morgan fingerprint density at radius 1 is 1.34 bits per heavy atom. The van der Waals surface area contributed by atoms with Gasteiger partial charge in [0.15, 0.2) is 0 Å². The molecule has 0 bridgehead atoms. The van der Waals surface area contributed by atoms with Crippen molar-refractivity contribution >= 4 is 23.4 Å². The number of aromatic nitrogens is 4. The Balaban J connectivity index is 1.83. The van der Waals surface area contributed by atoms with Crippen LogP contribution in [0.1, 0.15) is 30.1 Å². The van der Waals surface area contributed by atoms with Crippen molar-refractivity contribution in [1.29, 1.82) is 0 Å². The molecule has 1 aliphatic heterocycles. The summed E-state index contributed by atoms with van der Waals surface area (Å²) in [6.07, 6.45) is 1.20. The van der Waals surface area contributed by atoms with Gasteiger partial charge < -0.3 is 15.5 Å². The van der Waals surface area contributed by atoms with Crippen molar-refractivity contribution in [2.45, 2.75) is 32.0 Å². The van der Waals surface area contributed by atoms with Crippen LogP contribution in [0, 0.1) is 6.92 Å². The molecule has 0 aliphatic carbocycles. The minimum atomic E-state index is -4.56. The average Bonchev–Trinajstić information content (AvgIpc) is 3.32. The molecular formula is C18H22F3N7O. The molecule has 1 saturated heterocycles. The predicted molar refractivity (Wildman–Crippen MR) is 102 cm³/mol. The minimum absolute atomic E-state index is 0.0222. The van der Waals surface area contributed by atoms with E-state index in [-0.39, 0.29) is 17.7 Å². The summed E-state index contributed by atoms with van der Waals surface area (Å²) in [7, 11) is 1.35. The number of aryl methyl sites for hydroxylation is 1. The molecule has 1 aliphatic rings. The average molecular weight is 409 g/mol. The highest BCUT2D eigenvalue weighted by molar-refractivity contribution is 5.82. The van der Waals surface area contributed by atoms with Gasteiger partial charge in [-0.05, 0) is 19.8 Å². The van der Waals surface area contributed by atoms with Crippen LogP contribution in [0.25, 0.3) is 0 Å². The van der Waals surface area contributed by atoms with Gasteiger partial charge in [-0.2, -0.15) is 23.3 Å². The Labute approximate surface area is 165 Å². The van der Waals surface area contributed by atoms with Crippen molar-refractivity contribution in [2.75, 3.05) is 30.8 Å². The van der Waals surface area contributed by atoms with Gasteiger partial charge in [0.25, 0.3) is 5.91 Å². The van der Waals surface area contributed by atoms with Crippen LogP contribution in [0.4, 0.5) is 30.6 Å². The topological polar surface area (TPSA) is 88.0 Å². The Kier molecular flexibility index (Phi) is 5.76. The van der Waals surface area contributed by atoms with Crippen LogP contribution in [0.3, 0.4) is 0 Å². The molecule has 156 valence electrons. The number of hydrogen-bond donors (Lipinski definition) is 2. The summed E-state index contributed by atoms with van der Waals surface area (Å²) in [5.74, 6) is -0.450. The molecule has 3 rings (SSSR count). The third-order valence-electron chi connectivity index (χ3n) is 4.67. The normalized spacial score (nSPS) is 15.3. The van der Waals surface area contributed by atoms with Gasteiger partial charge in [-0.1, -0.05) is 6.08 Å². The zero-order valence-corrected chi connectivity index (χ0v) is 16.1. The second-order valence-corrected chi connectivity index (χ2v) is 6.65. The molecular weight excluding hydrogens is 387 g/mol. The lowest BCUT2D eigenvalue weighted by atomic mass is 10.2. The van der Waals surface area contributed by atoms with Crippen molar-refractivity contribution in [2.24, 2.45) is 0 Å². The van der Waals surface area contributed by atoms with Crippen LogP contribution in [0.5, 0.6) is 0 Å². The van der Waals surface area contributed by atoms with Gasteiger partial charge in [0.05, 0.1) is 17.6 Å². The number of rotatable bonds is 6. The molecule has 0 aromatic carbocycles. The van der Waals surface area contributed by atoms with E-state index in [9.17, 15) is 18.0 Å². The molecule has 1 fully saturated rings. The number of carbonyl (C=O) groups is 1. The number of alkyl halides is 3. The lowest BCUT2D eigenvalue weighted by Gasteiger charge is -2.20. The zero-order valence-electron chi connectivity index (χ0n) is 16.1. The number of carbonyl (C=O) groups excluding carboxylic acids is 1. The van der Waals surface area contributed by atoms with E-state index in [1.54, 1.807) is 18.0 Å². The number of nitrogens with zero attached hydrogens (tertiary/aromatic N) is 5. The predicted octanol–water partition coefficient (Wildman–Crippen LogP) is 3.14. The third-order valence-corrected chi connectivity index (χ3v) is 4.67. The van der Waals surface area contributed by atoms with Crippen LogP contribution >= 0.6 is 0 Å². The SMILES string of the molecule is C=C[C@H](C(=O)N1CCCC1)n1cc(Nc2ncc(C(F)(F)F)c(NC)n2)c(C)n1. The van der Waals surface area contributed by atoms with Crippen molar-refractivity contribution < 1.29 is 18.0 Å². The maximum absolute atomic E-state index is 13.0. The molecule has 0 saturated carbocycles. The van der Waals surface area contributed by atoms with E-state index in [0.717, 1.165) is 12.8 Å². The second-order valence-electron chi connectivity index (χ2n) is 6.65. The molecule has 29 heavy (non-hydrogen) atoms. The first-order valence-electron chi connectivity index (χ1n) is 9.10. The quantitative estimate of drug-likeness (QED) is 0.713. The number of likely N-dealkylation sites (tertiary alicyclic amines) is 1. The fourth-order valence-corrected chi connectivity index (χ4v) is 3.15. The molecule has 0 spiro atoms. The summed E-state index contributed by atoms with van der Waals surface area (Å²) in [5, 5.41) is 9.64. The molecule has 0 radical (unpaired) electrons. The van der Waals surface area contributed by atoms with Gasteiger partial charge in [-0.25, -0.2) is 4.98 Å². The van der Waals surface area contributed by atoms with Crippen molar-refractivity contribution in [3.8, 4) is 0 Å². The van der Waals surface area contributed by atoms with Gasteiger partial charge in [0, 0.05) is 26.3 Å². The van der Waals surface area contributed by atoms with E-state index in [1.807, 2.05) is 0 Å². The third kappa shape index (κ3) is 4.33. The van der Waals surface area contributed by atoms with E-state index in [2.05, 4.69) is 32.3 Å². The Hall–Kier alpha value is -3.11. The number of halogens is 3. The highest BCUT2D eigenvalue weighted by atomic mass is 19.4. The summed E-state index contributed by atoms with van der Waals surface area (Å²) in [5.41, 5.74) is 0.0642. The Morgan fingerprint density at radius 2 is 2.03 bits per heavy atom. The highest BCUT2D eigenvalue weighted by Crippen LogP contribution is 2.34. The van der Waals surface area contributed by atoms with E-state index in [4.69, 9.17) is 0 Å². The van der Waals surface area contributed by atoms with Gasteiger partial charge in [0.2, 0.25) is 5.95 Å². The Bertz CT molecular complexity index is 903. The smallest absolute Gasteiger partial charge is 0.372 e. The maximum atomic E-state index is 13.0. The lowest BCUT2D eigenvalue weighted by Crippen LogP contribution is -2.34. The largest absolute Gasteiger partial charge is 0.421 e. The minimum Gasteiger partial charge on any atom is -0.372 e. The van der Waals surface area contributed by atoms with E-state index in [1.165, 1.54) is 17.8 Å². The van der Waals surface area contributed by atoms with Crippen LogP contribution in [-0.2, 0) is 11.0 Å². The van der Waals surface area contributed by atoms with Gasteiger partial charge in [0.1, 0.15) is 17.4 Å². The lowest BCUT2D eigenvalue weighted by molar-refractivity contribution is -0.137. The van der Waals surface area contributed by atoms with Crippen LogP contribution in [0.2, 0.25) is 0 Å². The van der Waals surface area contributed by atoms with Crippen molar-refractivity contribution in [3.63, 3.8) is 0 Å². The van der Waals surface area contributed by atoms with Crippen LogP contribution in [-0.4, -0.2) is 50.7 Å². The summed E-state index contributed by atoms with van der Waals surface area (Å²) >= 11 is 0. The first-order valence-corrected chi connectivity index (χ1v) is 9.10. The van der Waals surface area contributed by atoms with Gasteiger partial charge in [-0.3, -0.25) is 9.48 Å². The molecule has 1 amide bonds. The van der Waals surface area contributed by atoms with Crippen LogP contribution < -0.4 is 10.6 Å².